The van der Waals surface area contributed by atoms with Gasteiger partial charge in [0.2, 0.25) is 10.9 Å². The lowest BCUT2D eigenvalue weighted by atomic mass is 9.96. The van der Waals surface area contributed by atoms with E-state index < -0.39 is 5.79 Å². The summed E-state index contributed by atoms with van der Waals surface area (Å²) in [5.41, 5.74) is 2.35. The maximum absolute atomic E-state index is 11.5. The summed E-state index contributed by atoms with van der Waals surface area (Å²) in [5.74, 6) is -1.67. The van der Waals surface area contributed by atoms with Gasteiger partial charge in [-0.2, -0.15) is 0 Å². The second-order valence-corrected chi connectivity index (χ2v) is 9.10. The standard InChI is InChI=1S/C22H30N4O3S2/c1-15-11-18(14-28-13-17-9-7-6-8-10-17)29-22(15,27)19-12-23-16(2)20(30-4)24-21(31-5)25-26(19)3/h6-10,12,15,18,27H,11,13-14H2,1-5H3. The average molecular weight is 463 g/mol. The topological polar surface area (TPSA) is 82.3 Å². The lowest BCUT2D eigenvalue weighted by molar-refractivity contribution is -0.230. The lowest BCUT2D eigenvalue weighted by Crippen LogP contribution is -2.35. The highest BCUT2D eigenvalue weighted by atomic mass is 32.2. The van der Waals surface area contributed by atoms with E-state index in [1.165, 1.54) is 23.5 Å². The number of ether oxygens (including phenoxy) is 2. The van der Waals surface area contributed by atoms with Crippen LogP contribution in [-0.2, 0) is 28.9 Å². The van der Waals surface area contributed by atoms with Crippen molar-refractivity contribution in [1.29, 1.82) is 0 Å². The van der Waals surface area contributed by atoms with Crippen molar-refractivity contribution in [3.05, 3.63) is 53.5 Å². The van der Waals surface area contributed by atoms with Crippen LogP contribution in [0.3, 0.4) is 0 Å². The van der Waals surface area contributed by atoms with Crippen LogP contribution in [-0.4, -0.2) is 50.1 Å². The van der Waals surface area contributed by atoms with E-state index in [4.69, 9.17) is 9.47 Å². The summed E-state index contributed by atoms with van der Waals surface area (Å²) in [5, 5.41) is 17.5. The Hall–Kier alpha value is -1.65. The van der Waals surface area contributed by atoms with Crippen LogP contribution < -0.4 is 0 Å². The van der Waals surface area contributed by atoms with Crippen LogP contribution in [0.5, 0.6) is 0 Å². The second kappa shape index (κ2) is 10.8. The largest absolute Gasteiger partial charge is 0.374 e. The summed E-state index contributed by atoms with van der Waals surface area (Å²) in [4.78, 5) is 9.15. The van der Waals surface area contributed by atoms with Crippen molar-refractivity contribution in [3.8, 4) is 0 Å². The zero-order chi connectivity index (χ0) is 22.4. The van der Waals surface area contributed by atoms with Gasteiger partial charge in [-0.1, -0.05) is 49.0 Å². The quantitative estimate of drug-likeness (QED) is 0.621. The van der Waals surface area contributed by atoms with Gasteiger partial charge in [0.15, 0.2) is 0 Å². The van der Waals surface area contributed by atoms with E-state index in [0.29, 0.717) is 30.5 Å². The monoisotopic (exact) mass is 462 g/mol. The van der Waals surface area contributed by atoms with Crippen LogP contribution in [0, 0.1) is 12.8 Å². The zero-order valence-electron chi connectivity index (χ0n) is 18.6. The molecule has 1 fully saturated rings. The Bertz CT molecular complexity index is 940. The zero-order valence-corrected chi connectivity index (χ0v) is 20.2. The van der Waals surface area contributed by atoms with Crippen molar-refractivity contribution >= 4 is 23.5 Å². The van der Waals surface area contributed by atoms with Crippen LogP contribution in [0.15, 0.2) is 46.7 Å². The third-order valence-electron chi connectivity index (χ3n) is 5.26. The maximum Gasteiger partial charge on any atom is 0.214 e. The molecular formula is C22H30N4O3S2. The number of aromatic nitrogens is 4. The molecule has 31 heavy (non-hydrogen) atoms. The fourth-order valence-corrected chi connectivity index (χ4v) is 4.51. The van der Waals surface area contributed by atoms with Crippen LogP contribution in [0.1, 0.15) is 30.3 Å². The minimum absolute atomic E-state index is 0.156. The number of thioether (sulfide) groups is 2. The van der Waals surface area contributed by atoms with Gasteiger partial charge in [-0.05, 0) is 31.4 Å². The molecule has 0 aliphatic carbocycles. The number of benzene rings is 1. The third-order valence-corrected chi connectivity index (χ3v) is 6.57. The molecule has 7 nitrogen and oxygen atoms in total. The molecule has 168 valence electrons. The SMILES string of the molecule is CSc1nc(SC)c(C)ncc(C2(O)OC(COCc3ccccc3)CC2C)n(C)n1. The van der Waals surface area contributed by atoms with E-state index in [0.717, 1.165) is 16.3 Å². The Kier molecular flexibility index (Phi) is 8.35. The molecule has 0 spiro atoms. The highest BCUT2D eigenvalue weighted by molar-refractivity contribution is 7.99. The Balaban J connectivity index is 1.85. The summed E-state index contributed by atoms with van der Waals surface area (Å²) in [7, 11) is 1.78. The summed E-state index contributed by atoms with van der Waals surface area (Å²) in [6.07, 6.45) is 5.96. The predicted molar refractivity (Wildman–Crippen MR) is 123 cm³/mol. The first-order valence-corrected chi connectivity index (χ1v) is 12.6. The molecule has 0 saturated carbocycles. The molecule has 2 aromatic rings. The molecule has 0 radical (unpaired) electrons. The average Bonchev–Trinajstić information content (AvgIpc) is 3.07. The highest BCUT2D eigenvalue weighted by Gasteiger charge is 2.48. The molecule has 3 atom stereocenters. The Morgan fingerprint density at radius 3 is 2.68 bits per heavy atom. The first-order valence-electron chi connectivity index (χ1n) is 10.1. The van der Waals surface area contributed by atoms with Crippen LogP contribution in [0.2, 0.25) is 0 Å². The van der Waals surface area contributed by atoms with E-state index in [1.807, 2.05) is 56.7 Å². The van der Waals surface area contributed by atoms with Gasteiger partial charge in [0, 0.05) is 13.0 Å². The van der Waals surface area contributed by atoms with Crippen molar-refractivity contribution in [1.82, 2.24) is 19.7 Å². The maximum atomic E-state index is 11.5. The minimum Gasteiger partial charge on any atom is -0.374 e. The molecule has 2 heterocycles. The number of hydrogen-bond donors (Lipinski definition) is 1. The van der Waals surface area contributed by atoms with Crippen molar-refractivity contribution in [3.63, 3.8) is 0 Å². The van der Waals surface area contributed by atoms with Gasteiger partial charge in [-0.25, -0.2) is 4.98 Å². The molecule has 1 aromatic carbocycles. The highest BCUT2D eigenvalue weighted by Crippen LogP contribution is 2.41. The summed E-state index contributed by atoms with van der Waals surface area (Å²) in [6, 6.07) is 10.0. The molecule has 1 N–H and O–H groups in total. The Morgan fingerprint density at radius 2 is 2.00 bits per heavy atom. The van der Waals surface area contributed by atoms with E-state index in [-0.39, 0.29) is 12.0 Å². The Labute approximate surface area is 192 Å². The Morgan fingerprint density at radius 1 is 1.26 bits per heavy atom. The van der Waals surface area contributed by atoms with E-state index in [1.54, 1.807) is 17.9 Å². The molecule has 0 amide bonds. The molecule has 3 unspecified atom stereocenters. The molecular weight excluding hydrogens is 432 g/mol. The van der Waals surface area contributed by atoms with Crippen molar-refractivity contribution < 1.29 is 14.6 Å². The normalized spacial score (nSPS) is 23.0. The van der Waals surface area contributed by atoms with Gasteiger partial charge in [0.25, 0.3) is 0 Å². The van der Waals surface area contributed by atoms with Gasteiger partial charge in [-0.15, -0.1) is 16.9 Å². The predicted octanol–water partition coefficient (Wildman–Crippen LogP) is 3.87. The first-order chi connectivity index (χ1) is 14.9. The minimum atomic E-state index is -1.52. The van der Waals surface area contributed by atoms with Gasteiger partial charge in [-0.3, -0.25) is 9.67 Å². The number of hydrogen-bond acceptors (Lipinski definition) is 8. The number of nitrogens with zero attached hydrogens (tertiary/aromatic N) is 4. The molecule has 1 aliphatic heterocycles. The first kappa shape index (κ1) is 24.0. The fraction of sp³-hybridized carbons (Fsp3) is 0.500. The number of rotatable bonds is 7. The van der Waals surface area contributed by atoms with Crippen molar-refractivity contribution in [2.24, 2.45) is 13.0 Å². The van der Waals surface area contributed by atoms with Crippen molar-refractivity contribution in [2.45, 2.75) is 48.9 Å². The van der Waals surface area contributed by atoms with Gasteiger partial charge in [0.05, 0.1) is 31.2 Å². The van der Waals surface area contributed by atoms with Gasteiger partial charge in [0.1, 0.15) is 10.7 Å². The van der Waals surface area contributed by atoms with E-state index in [2.05, 4.69) is 15.1 Å². The third kappa shape index (κ3) is 5.78. The van der Waals surface area contributed by atoms with Gasteiger partial charge < -0.3 is 14.6 Å². The van der Waals surface area contributed by atoms with Crippen LogP contribution >= 0.6 is 23.5 Å². The van der Waals surface area contributed by atoms with E-state index in [9.17, 15) is 5.11 Å². The summed E-state index contributed by atoms with van der Waals surface area (Å²) < 4.78 is 13.6. The number of aryl methyl sites for hydroxylation is 2. The van der Waals surface area contributed by atoms with E-state index >= 15 is 0 Å². The van der Waals surface area contributed by atoms with Crippen LogP contribution in [0.25, 0.3) is 0 Å². The molecule has 1 aliphatic rings. The second-order valence-electron chi connectivity index (χ2n) is 7.53. The molecule has 0 bridgehead atoms. The fourth-order valence-electron chi connectivity index (χ4n) is 3.54. The molecule has 3 rings (SSSR count). The molecule has 9 heteroatoms. The van der Waals surface area contributed by atoms with Crippen molar-refractivity contribution in [2.75, 3.05) is 19.1 Å². The smallest absolute Gasteiger partial charge is 0.214 e. The molecule has 1 saturated heterocycles. The summed E-state index contributed by atoms with van der Waals surface area (Å²) in [6.45, 7) is 4.78. The lowest BCUT2D eigenvalue weighted by Gasteiger charge is -2.27. The van der Waals surface area contributed by atoms with Crippen LogP contribution in [0.4, 0.5) is 0 Å². The van der Waals surface area contributed by atoms with Gasteiger partial charge >= 0.3 is 0 Å². The number of aliphatic hydroxyl groups is 1. The molecule has 1 aromatic heterocycles. The summed E-state index contributed by atoms with van der Waals surface area (Å²) >= 11 is 2.95.